The fourth-order valence-electron chi connectivity index (χ4n) is 4.54. The lowest BCUT2D eigenvalue weighted by atomic mass is 9.79. The number of halogens is 1. The molecule has 8 heteroatoms. The minimum Gasteiger partial charge on any atom is -0.351 e. The van der Waals surface area contributed by atoms with E-state index in [0.717, 1.165) is 35.7 Å². The summed E-state index contributed by atoms with van der Waals surface area (Å²) in [5, 5.41) is 21.8. The highest BCUT2D eigenvalue weighted by atomic mass is 35.5. The van der Waals surface area contributed by atoms with Gasteiger partial charge < -0.3 is 14.8 Å². The van der Waals surface area contributed by atoms with E-state index in [1.165, 1.54) is 4.57 Å². The molecule has 0 radical (unpaired) electrons. The van der Waals surface area contributed by atoms with Crippen LogP contribution in [0.5, 0.6) is 0 Å². The van der Waals surface area contributed by atoms with Gasteiger partial charge in [-0.25, -0.2) is 0 Å². The van der Waals surface area contributed by atoms with Crippen molar-refractivity contribution in [3.05, 3.63) is 57.5 Å². The Kier molecular flexibility index (Phi) is 6.94. The van der Waals surface area contributed by atoms with E-state index in [2.05, 4.69) is 33.0 Å². The van der Waals surface area contributed by atoms with Crippen molar-refractivity contribution >= 4 is 33.6 Å². The molecule has 0 spiro atoms. The standard InChI is InChI=1S/C24H32ClN5OS/c1-23(2)13-17(14-24(3,4)28-23)30(6)22(27)32-21(26)18-8-7-15(11-19(18)25)16-9-10-29(5)20(31)12-16/h7-12,17,26-28H,13-14H2,1-6H3. The van der Waals surface area contributed by atoms with E-state index >= 15 is 0 Å². The van der Waals surface area contributed by atoms with Gasteiger partial charge in [-0.2, -0.15) is 0 Å². The molecule has 0 bridgehead atoms. The molecule has 1 aromatic carbocycles. The lowest BCUT2D eigenvalue weighted by molar-refractivity contribution is 0.114. The number of nitrogens with one attached hydrogen (secondary N) is 3. The minimum atomic E-state index is -0.0910. The van der Waals surface area contributed by atoms with E-state index in [1.54, 1.807) is 31.4 Å². The largest absolute Gasteiger partial charge is 0.351 e. The number of thioether (sulfide) groups is 1. The summed E-state index contributed by atoms with van der Waals surface area (Å²) in [5.41, 5.74) is 2.05. The summed E-state index contributed by atoms with van der Waals surface area (Å²) in [6, 6.07) is 9.06. The van der Waals surface area contributed by atoms with Crippen molar-refractivity contribution in [1.82, 2.24) is 14.8 Å². The second kappa shape index (κ2) is 9.04. The summed E-state index contributed by atoms with van der Waals surface area (Å²) in [7, 11) is 3.64. The van der Waals surface area contributed by atoms with Gasteiger partial charge in [-0.3, -0.25) is 15.6 Å². The lowest BCUT2D eigenvalue weighted by Gasteiger charge is -2.49. The van der Waals surface area contributed by atoms with E-state index in [9.17, 15) is 4.79 Å². The molecular weight excluding hydrogens is 442 g/mol. The van der Waals surface area contributed by atoms with Gasteiger partial charge in [0.1, 0.15) is 5.04 Å². The Morgan fingerprint density at radius 3 is 2.28 bits per heavy atom. The maximum Gasteiger partial charge on any atom is 0.250 e. The van der Waals surface area contributed by atoms with Gasteiger partial charge in [0, 0.05) is 49.0 Å². The summed E-state index contributed by atoms with van der Waals surface area (Å²) in [6.45, 7) is 8.77. The number of aryl methyl sites for hydroxylation is 1. The molecule has 0 atom stereocenters. The summed E-state index contributed by atoms with van der Waals surface area (Å²) < 4.78 is 1.51. The van der Waals surface area contributed by atoms with Crippen LogP contribution in [0.15, 0.2) is 41.3 Å². The van der Waals surface area contributed by atoms with Crippen LogP contribution >= 0.6 is 23.4 Å². The van der Waals surface area contributed by atoms with Crippen LogP contribution in [-0.4, -0.2) is 43.8 Å². The van der Waals surface area contributed by atoms with E-state index in [4.69, 9.17) is 22.4 Å². The zero-order valence-corrected chi connectivity index (χ0v) is 21.1. The number of piperidine rings is 1. The highest BCUT2D eigenvalue weighted by Crippen LogP contribution is 2.33. The molecule has 32 heavy (non-hydrogen) atoms. The molecule has 172 valence electrons. The number of rotatable bonds is 3. The van der Waals surface area contributed by atoms with E-state index in [0.29, 0.717) is 15.8 Å². The van der Waals surface area contributed by atoms with Crippen molar-refractivity contribution in [2.45, 2.75) is 57.7 Å². The van der Waals surface area contributed by atoms with Crippen LogP contribution in [0.1, 0.15) is 46.1 Å². The number of pyridine rings is 1. The van der Waals surface area contributed by atoms with Gasteiger partial charge in [0.15, 0.2) is 5.17 Å². The van der Waals surface area contributed by atoms with Crippen LogP contribution in [-0.2, 0) is 7.05 Å². The molecule has 6 nitrogen and oxygen atoms in total. The molecule has 1 aliphatic heterocycles. The van der Waals surface area contributed by atoms with Crippen LogP contribution in [0.25, 0.3) is 11.1 Å². The zero-order valence-electron chi connectivity index (χ0n) is 19.5. The molecule has 0 amide bonds. The topological polar surface area (TPSA) is 85.0 Å². The first-order valence-electron chi connectivity index (χ1n) is 10.6. The Morgan fingerprint density at radius 1 is 1.12 bits per heavy atom. The van der Waals surface area contributed by atoms with Gasteiger partial charge in [0.05, 0.1) is 5.02 Å². The van der Waals surface area contributed by atoms with Crippen LogP contribution in [0.2, 0.25) is 5.02 Å². The third-order valence-corrected chi connectivity index (χ3v) is 7.10. The maximum absolute atomic E-state index is 11.9. The molecule has 1 fully saturated rings. The molecule has 2 aromatic rings. The normalized spacial score (nSPS) is 17.7. The number of hydrogen-bond donors (Lipinski definition) is 3. The number of amidine groups is 1. The predicted octanol–water partition coefficient (Wildman–Crippen LogP) is 4.94. The quantitative estimate of drug-likeness (QED) is 0.435. The monoisotopic (exact) mass is 473 g/mol. The van der Waals surface area contributed by atoms with Gasteiger partial charge in [-0.05, 0) is 75.6 Å². The second-order valence-corrected chi connectivity index (χ2v) is 11.3. The molecule has 0 aliphatic carbocycles. The molecule has 1 aliphatic rings. The number of nitrogens with zero attached hydrogens (tertiary/aromatic N) is 2. The first kappa shape index (κ1) is 24.6. The summed E-state index contributed by atoms with van der Waals surface area (Å²) >= 11 is 7.61. The fraction of sp³-hybridized carbons (Fsp3) is 0.458. The van der Waals surface area contributed by atoms with Crippen LogP contribution in [0.4, 0.5) is 0 Å². The molecule has 3 rings (SSSR count). The number of hydrogen-bond acceptors (Lipinski definition) is 5. The molecule has 0 saturated carbocycles. The molecule has 3 N–H and O–H groups in total. The van der Waals surface area contributed by atoms with Crippen LogP contribution in [0.3, 0.4) is 0 Å². The molecule has 2 heterocycles. The summed E-state index contributed by atoms with van der Waals surface area (Å²) in [6.07, 6.45) is 3.57. The SMILES string of the molecule is CN(C(=N)SC(=N)c1ccc(-c2ccn(C)c(=O)c2)cc1Cl)C1CC(C)(C)NC(C)(C)C1. The smallest absolute Gasteiger partial charge is 0.250 e. The number of benzene rings is 1. The van der Waals surface area contributed by atoms with Gasteiger partial charge in [-0.1, -0.05) is 23.7 Å². The third kappa shape index (κ3) is 5.63. The van der Waals surface area contributed by atoms with E-state index < -0.39 is 0 Å². The average Bonchev–Trinajstić information content (AvgIpc) is 2.66. The first-order valence-corrected chi connectivity index (χ1v) is 11.8. The zero-order chi connectivity index (χ0) is 23.8. The van der Waals surface area contributed by atoms with Crippen LogP contribution < -0.4 is 10.9 Å². The highest BCUT2D eigenvalue weighted by Gasteiger charge is 2.39. The predicted molar refractivity (Wildman–Crippen MR) is 136 cm³/mol. The summed E-state index contributed by atoms with van der Waals surface area (Å²) in [5.74, 6) is 0. The Morgan fingerprint density at radius 2 is 1.72 bits per heavy atom. The molecular formula is C24H32ClN5OS. The fourth-order valence-corrected chi connectivity index (χ4v) is 5.64. The minimum absolute atomic E-state index is 0.0172. The van der Waals surface area contributed by atoms with Crippen molar-refractivity contribution in [2.75, 3.05) is 7.05 Å². The van der Waals surface area contributed by atoms with Crippen molar-refractivity contribution < 1.29 is 0 Å². The van der Waals surface area contributed by atoms with Crippen molar-refractivity contribution in [3.8, 4) is 11.1 Å². The Bertz CT molecular complexity index is 1090. The van der Waals surface area contributed by atoms with Crippen molar-refractivity contribution in [1.29, 1.82) is 10.8 Å². The molecule has 1 saturated heterocycles. The average molecular weight is 474 g/mol. The lowest BCUT2D eigenvalue weighted by Crippen LogP contribution is -2.62. The van der Waals surface area contributed by atoms with Gasteiger partial charge >= 0.3 is 0 Å². The van der Waals surface area contributed by atoms with Gasteiger partial charge in [-0.15, -0.1) is 0 Å². The summed E-state index contributed by atoms with van der Waals surface area (Å²) in [4.78, 5) is 13.9. The van der Waals surface area contributed by atoms with E-state index in [-0.39, 0.29) is 27.7 Å². The molecule has 1 aromatic heterocycles. The highest BCUT2D eigenvalue weighted by molar-refractivity contribution is 8.26. The Labute approximate surface area is 199 Å². The van der Waals surface area contributed by atoms with Gasteiger partial charge in [0.2, 0.25) is 0 Å². The Hall–Kier alpha value is -2.09. The first-order chi connectivity index (χ1) is 14.8. The van der Waals surface area contributed by atoms with E-state index in [1.807, 2.05) is 24.1 Å². The van der Waals surface area contributed by atoms with Gasteiger partial charge in [0.25, 0.3) is 5.56 Å². The second-order valence-electron chi connectivity index (χ2n) is 9.86. The van der Waals surface area contributed by atoms with Crippen LogP contribution in [0, 0.1) is 10.8 Å². The molecule has 0 unspecified atom stereocenters. The van der Waals surface area contributed by atoms with Crippen molar-refractivity contribution in [3.63, 3.8) is 0 Å². The van der Waals surface area contributed by atoms with Crippen molar-refractivity contribution in [2.24, 2.45) is 7.05 Å². The number of aromatic nitrogens is 1. The Balaban J connectivity index is 1.73. The third-order valence-electron chi connectivity index (χ3n) is 5.89. The maximum atomic E-state index is 11.9.